The van der Waals surface area contributed by atoms with E-state index in [1.54, 1.807) is 19.2 Å². The number of nitrogens with one attached hydrogen (secondary N) is 1. The van der Waals surface area contributed by atoms with Crippen molar-refractivity contribution in [1.29, 1.82) is 0 Å². The zero-order valence-corrected chi connectivity index (χ0v) is 33.4. The van der Waals surface area contributed by atoms with Crippen LogP contribution in [0.2, 0.25) is 0 Å². The Hall–Kier alpha value is -4.28. The number of halogens is 4. The van der Waals surface area contributed by atoms with Gasteiger partial charge in [-0.25, -0.2) is 14.4 Å². The monoisotopic (exact) mass is 743 g/mol. The largest absolute Gasteiger partial charge is 0.416 e. The normalized spacial score (nSPS) is 14.6. The van der Waals surface area contributed by atoms with E-state index in [4.69, 9.17) is 5.73 Å². The standard InChI is InChI=1S/C34H43F4N5O.C6H12O.C2H6/c1-7-11-13-24(12-8-2)22(6)43-17-16-41-32(39)31(43)29(21(5)9-3)30-23(10-4)18-25(19-27(30)35)33(44)42-28-20-26(14-15-40-28)34(36,37)38;1-5(2)4-6(3)7;1-2/h14-21,24H,6-13H2,1-5H3,(H2,39,41)(H,40,42,44);5H,4H2,1-3H3;1-2H3/b31-29+;;. The third-order valence-electron chi connectivity index (χ3n) is 8.71. The molecule has 1 aromatic heterocycles. The van der Waals surface area contributed by atoms with Crippen molar-refractivity contribution >= 4 is 28.9 Å². The van der Waals surface area contributed by atoms with Crippen molar-refractivity contribution in [3.05, 3.63) is 88.9 Å². The predicted molar refractivity (Wildman–Crippen MR) is 210 cm³/mol. The van der Waals surface area contributed by atoms with Crippen LogP contribution in [-0.4, -0.2) is 27.4 Å². The minimum Gasteiger partial charge on any atom is -0.382 e. The Balaban J connectivity index is 0.00000139. The van der Waals surface area contributed by atoms with Crippen LogP contribution in [0.1, 0.15) is 141 Å². The highest BCUT2D eigenvalue weighted by molar-refractivity contribution is 6.06. The number of hydrogen-bond acceptors (Lipinski definition) is 6. The van der Waals surface area contributed by atoms with Gasteiger partial charge in [0, 0.05) is 41.8 Å². The molecule has 7 nitrogen and oxygen atoms in total. The second-order valence-corrected chi connectivity index (χ2v) is 13.4. The van der Waals surface area contributed by atoms with Crippen LogP contribution in [-0.2, 0) is 17.4 Å². The number of unbranched alkanes of at least 4 members (excludes halogenated alkanes) is 1. The molecule has 0 saturated heterocycles. The van der Waals surface area contributed by atoms with E-state index in [0.717, 1.165) is 68.6 Å². The number of Topliss-reactive ketones (excluding diaryl/α,β-unsaturated/α-hetero) is 1. The average Bonchev–Trinajstić information content (AvgIpc) is 3.11. The molecule has 2 aromatic rings. The summed E-state index contributed by atoms with van der Waals surface area (Å²) in [6.07, 6.45) is 6.59. The number of carbonyl (C=O) groups is 2. The molecule has 0 saturated carbocycles. The van der Waals surface area contributed by atoms with E-state index < -0.39 is 23.5 Å². The highest BCUT2D eigenvalue weighted by Gasteiger charge is 2.32. The minimum atomic E-state index is -4.60. The molecule has 2 atom stereocenters. The topological polar surface area (TPSA) is 101 Å². The summed E-state index contributed by atoms with van der Waals surface area (Å²) in [6, 6.07) is 4.22. The molecule has 3 N–H and O–H groups in total. The lowest BCUT2D eigenvalue weighted by Gasteiger charge is -2.35. The Morgan fingerprint density at radius 1 is 1.02 bits per heavy atom. The Morgan fingerprint density at radius 2 is 1.68 bits per heavy atom. The predicted octanol–water partition coefficient (Wildman–Crippen LogP) is 11.7. The highest BCUT2D eigenvalue weighted by atomic mass is 19.4. The molecule has 1 aromatic carbocycles. The number of amides is 1. The number of benzene rings is 1. The summed E-state index contributed by atoms with van der Waals surface area (Å²) in [5.41, 5.74) is 8.54. The van der Waals surface area contributed by atoms with Gasteiger partial charge in [0.15, 0.2) is 0 Å². The second kappa shape index (κ2) is 22.7. The number of nitrogens with two attached hydrogens (primary N) is 1. The van der Waals surface area contributed by atoms with Gasteiger partial charge in [0.2, 0.25) is 0 Å². The molecule has 0 bridgehead atoms. The first-order valence-corrected chi connectivity index (χ1v) is 18.9. The maximum atomic E-state index is 16.3. The van der Waals surface area contributed by atoms with E-state index in [0.29, 0.717) is 41.2 Å². The van der Waals surface area contributed by atoms with Crippen molar-refractivity contribution in [2.45, 2.75) is 127 Å². The first kappa shape index (κ1) is 46.7. The van der Waals surface area contributed by atoms with Crippen LogP contribution in [0, 0.1) is 23.6 Å². The van der Waals surface area contributed by atoms with Crippen LogP contribution in [0.15, 0.2) is 65.8 Å². The molecular formula is C42H61F4N5O2. The van der Waals surface area contributed by atoms with Crippen molar-refractivity contribution in [2.24, 2.45) is 28.5 Å². The molecule has 1 amide bonds. The van der Waals surface area contributed by atoms with Gasteiger partial charge in [-0.05, 0) is 85.8 Å². The number of ketones is 1. The molecule has 0 spiro atoms. The number of allylic oxidation sites excluding steroid dienone is 2. The number of hydrogen-bond donors (Lipinski definition) is 2. The number of pyridine rings is 1. The van der Waals surface area contributed by atoms with Gasteiger partial charge in [0.1, 0.15) is 23.3 Å². The summed E-state index contributed by atoms with van der Waals surface area (Å²) < 4.78 is 55.8. The molecule has 1 aliphatic heterocycles. The molecule has 11 heteroatoms. The molecule has 2 heterocycles. The average molecular weight is 744 g/mol. The smallest absolute Gasteiger partial charge is 0.382 e. The van der Waals surface area contributed by atoms with Gasteiger partial charge in [-0.1, -0.05) is 88.2 Å². The summed E-state index contributed by atoms with van der Waals surface area (Å²) in [6.45, 7) is 24.3. The number of nitrogens with zero attached hydrogens (tertiary/aromatic N) is 3. The Bertz CT molecular complexity index is 1610. The number of aliphatic imine (C=N–C) groups is 1. The van der Waals surface area contributed by atoms with Crippen LogP contribution in [0.4, 0.5) is 23.4 Å². The number of anilines is 1. The van der Waals surface area contributed by atoms with Crippen LogP contribution in [0.5, 0.6) is 0 Å². The molecule has 3 rings (SSSR count). The third kappa shape index (κ3) is 13.9. The lowest BCUT2D eigenvalue weighted by Crippen LogP contribution is -2.34. The van der Waals surface area contributed by atoms with Crippen molar-refractivity contribution < 1.29 is 27.2 Å². The minimum absolute atomic E-state index is 0.0372. The van der Waals surface area contributed by atoms with E-state index in [-0.39, 0.29) is 34.8 Å². The maximum absolute atomic E-state index is 16.3. The summed E-state index contributed by atoms with van der Waals surface area (Å²) >= 11 is 0. The number of aryl methyl sites for hydroxylation is 1. The van der Waals surface area contributed by atoms with E-state index in [1.165, 1.54) is 0 Å². The fourth-order valence-electron chi connectivity index (χ4n) is 6.04. The lowest BCUT2D eigenvalue weighted by atomic mass is 9.84. The molecule has 0 fully saturated rings. The van der Waals surface area contributed by atoms with Crippen molar-refractivity contribution in [1.82, 2.24) is 9.88 Å². The number of alkyl halides is 3. The summed E-state index contributed by atoms with van der Waals surface area (Å²) in [7, 11) is 0. The van der Waals surface area contributed by atoms with Crippen molar-refractivity contribution in [3.63, 3.8) is 0 Å². The number of rotatable bonds is 15. The first-order valence-electron chi connectivity index (χ1n) is 18.9. The van der Waals surface area contributed by atoms with E-state index in [1.807, 2.05) is 59.6 Å². The van der Waals surface area contributed by atoms with Gasteiger partial charge in [-0.3, -0.25) is 4.79 Å². The van der Waals surface area contributed by atoms with Gasteiger partial charge in [0.05, 0.1) is 11.3 Å². The molecule has 294 valence electrons. The fraction of sp³-hybridized carbons (Fsp3) is 0.524. The highest BCUT2D eigenvalue weighted by Crippen LogP contribution is 2.39. The molecule has 2 unspecified atom stereocenters. The van der Waals surface area contributed by atoms with Crippen molar-refractivity contribution in [2.75, 3.05) is 5.32 Å². The maximum Gasteiger partial charge on any atom is 0.416 e. The van der Waals surface area contributed by atoms with E-state index in [2.05, 4.69) is 35.7 Å². The van der Waals surface area contributed by atoms with Crippen LogP contribution in [0.25, 0.3) is 5.57 Å². The van der Waals surface area contributed by atoms with E-state index in [9.17, 15) is 22.8 Å². The summed E-state index contributed by atoms with van der Waals surface area (Å²) in [5.74, 6) is -0.583. The van der Waals surface area contributed by atoms with Gasteiger partial charge >= 0.3 is 6.18 Å². The van der Waals surface area contributed by atoms with Crippen LogP contribution >= 0.6 is 0 Å². The first-order chi connectivity index (χ1) is 25.0. The van der Waals surface area contributed by atoms with Gasteiger partial charge in [-0.2, -0.15) is 13.2 Å². The van der Waals surface area contributed by atoms with Gasteiger partial charge < -0.3 is 20.7 Å². The van der Waals surface area contributed by atoms with E-state index >= 15 is 4.39 Å². The number of aromatic nitrogens is 1. The third-order valence-corrected chi connectivity index (χ3v) is 8.71. The lowest BCUT2D eigenvalue weighted by molar-refractivity contribution is -0.137. The Morgan fingerprint density at radius 3 is 2.19 bits per heavy atom. The zero-order chi connectivity index (χ0) is 40.5. The number of carbonyl (C=O) groups excluding carboxylic acids is 2. The molecule has 53 heavy (non-hydrogen) atoms. The molecule has 1 aliphatic rings. The molecule has 0 aliphatic carbocycles. The fourth-order valence-corrected chi connectivity index (χ4v) is 6.04. The van der Waals surface area contributed by atoms with Crippen LogP contribution < -0.4 is 11.1 Å². The Kier molecular flexibility index (Phi) is 20.0. The van der Waals surface area contributed by atoms with Crippen molar-refractivity contribution in [3.8, 4) is 0 Å². The summed E-state index contributed by atoms with van der Waals surface area (Å²) in [4.78, 5) is 33.5. The Labute approximate surface area is 314 Å². The second-order valence-electron chi connectivity index (χ2n) is 13.4. The number of amidine groups is 1. The zero-order valence-electron chi connectivity index (χ0n) is 33.4. The molecule has 0 radical (unpaired) electrons. The molecular weight excluding hydrogens is 682 g/mol. The quantitative estimate of drug-likeness (QED) is 0.177. The SMILES string of the molecule is C=C(C(CCC)CCCC)N1C=CN=C(N)/C1=C(\c1c(F)cc(C(=O)Nc2cc(C(F)(F)F)ccn2)cc1CC)C(C)CC.CC.CC(=O)CC(C)C. The summed E-state index contributed by atoms with van der Waals surface area (Å²) in [5, 5.41) is 2.37. The van der Waals surface area contributed by atoms with Gasteiger partial charge in [-0.15, -0.1) is 0 Å². The van der Waals surface area contributed by atoms with Gasteiger partial charge in [0.25, 0.3) is 5.91 Å². The van der Waals surface area contributed by atoms with Crippen LogP contribution in [0.3, 0.4) is 0 Å².